The van der Waals surface area contributed by atoms with E-state index in [4.69, 9.17) is 4.74 Å². The highest BCUT2D eigenvalue weighted by molar-refractivity contribution is 7.13. The quantitative estimate of drug-likeness (QED) is 0.356. The Kier molecular flexibility index (Phi) is 6.78. The van der Waals surface area contributed by atoms with Crippen molar-refractivity contribution in [2.75, 3.05) is 36.4 Å². The van der Waals surface area contributed by atoms with E-state index in [-0.39, 0.29) is 5.91 Å². The second-order valence-electron chi connectivity index (χ2n) is 9.94. The number of para-hydroxylation sites is 1. The fraction of sp³-hybridized carbons (Fsp3) is 0.310. The molecule has 4 heterocycles. The summed E-state index contributed by atoms with van der Waals surface area (Å²) in [6, 6.07) is 16.0. The molecule has 2 aliphatic rings. The number of amides is 1. The molecule has 194 valence electrons. The number of hydrogen-bond donors (Lipinski definition) is 1. The molecule has 38 heavy (non-hydrogen) atoms. The highest BCUT2D eigenvalue weighted by Gasteiger charge is 2.37. The van der Waals surface area contributed by atoms with Crippen LogP contribution in [0.4, 0.5) is 11.4 Å². The standard InChI is InChI=1S/C29H30N6O2S/c1-19-11-13-34-14-15-35(17-25(19)34)27-20(2)26(37-22-6-4-3-5-7-22)9-8-23(27)32-28(36)24-18-38-29(33-24)21-10-12-30-31-16-21/h3-10,12,16,18-19,25H,11,13-15,17H2,1-2H3,(H,32,36)/t19-,25-/m0/s1. The summed E-state index contributed by atoms with van der Waals surface area (Å²) in [4.78, 5) is 22.9. The van der Waals surface area contributed by atoms with Crippen LogP contribution in [0.5, 0.6) is 11.5 Å². The minimum Gasteiger partial charge on any atom is -0.457 e. The number of hydrogen-bond acceptors (Lipinski definition) is 8. The maximum Gasteiger partial charge on any atom is 0.275 e. The summed E-state index contributed by atoms with van der Waals surface area (Å²) < 4.78 is 6.27. The van der Waals surface area contributed by atoms with E-state index in [1.807, 2.05) is 48.5 Å². The van der Waals surface area contributed by atoms with E-state index in [2.05, 4.69) is 44.1 Å². The Morgan fingerprint density at radius 2 is 1.95 bits per heavy atom. The first-order valence-corrected chi connectivity index (χ1v) is 13.8. The van der Waals surface area contributed by atoms with Gasteiger partial charge in [-0.05, 0) is 56.1 Å². The molecule has 8 nitrogen and oxygen atoms in total. The zero-order chi connectivity index (χ0) is 26.1. The highest BCUT2D eigenvalue weighted by atomic mass is 32.1. The zero-order valence-electron chi connectivity index (χ0n) is 21.5. The average Bonchev–Trinajstić information content (AvgIpc) is 3.59. The molecule has 0 radical (unpaired) electrons. The van der Waals surface area contributed by atoms with Crippen LogP contribution >= 0.6 is 11.3 Å². The molecule has 1 amide bonds. The van der Waals surface area contributed by atoms with Crippen molar-refractivity contribution in [2.24, 2.45) is 5.92 Å². The van der Waals surface area contributed by atoms with E-state index < -0.39 is 0 Å². The summed E-state index contributed by atoms with van der Waals surface area (Å²) in [6.45, 7) is 8.43. The Morgan fingerprint density at radius 3 is 2.76 bits per heavy atom. The number of piperazine rings is 1. The van der Waals surface area contributed by atoms with Crippen molar-refractivity contribution in [2.45, 2.75) is 26.3 Å². The molecule has 2 saturated heterocycles. The second-order valence-corrected chi connectivity index (χ2v) is 10.8. The van der Waals surface area contributed by atoms with Crippen molar-refractivity contribution >= 4 is 28.6 Å². The van der Waals surface area contributed by atoms with Crippen LogP contribution in [0, 0.1) is 12.8 Å². The lowest BCUT2D eigenvalue weighted by Gasteiger charge is -2.41. The largest absolute Gasteiger partial charge is 0.457 e. The maximum atomic E-state index is 13.4. The number of ether oxygens (including phenoxy) is 1. The molecule has 4 aromatic rings. The monoisotopic (exact) mass is 526 g/mol. The number of carbonyl (C=O) groups excluding carboxylic acids is 1. The van der Waals surface area contributed by atoms with E-state index >= 15 is 0 Å². The Labute approximate surface area is 226 Å². The van der Waals surface area contributed by atoms with Crippen molar-refractivity contribution < 1.29 is 9.53 Å². The Hall–Kier alpha value is -3.82. The zero-order valence-corrected chi connectivity index (χ0v) is 22.3. The molecular formula is C29H30N6O2S. The number of nitrogens with zero attached hydrogens (tertiary/aromatic N) is 5. The fourth-order valence-electron chi connectivity index (χ4n) is 5.46. The second kappa shape index (κ2) is 10.5. The smallest absolute Gasteiger partial charge is 0.275 e. The molecule has 2 aliphatic heterocycles. The van der Waals surface area contributed by atoms with E-state index in [0.29, 0.717) is 17.7 Å². The van der Waals surface area contributed by atoms with Crippen LogP contribution in [-0.4, -0.2) is 58.2 Å². The molecule has 9 heteroatoms. The van der Waals surface area contributed by atoms with Gasteiger partial charge in [0.2, 0.25) is 0 Å². The van der Waals surface area contributed by atoms with Gasteiger partial charge in [0, 0.05) is 42.2 Å². The van der Waals surface area contributed by atoms with Crippen LogP contribution in [0.3, 0.4) is 0 Å². The van der Waals surface area contributed by atoms with Gasteiger partial charge in [0.15, 0.2) is 0 Å². The summed E-state index contributed by atoms with van der Waals surface area (Å²) in [5.74, 6) is 1.98. The minimum atomic E-state index is -0.236. The van der Waals surface area contributed by atoms with Crippen LogP contribution in [0.1, 0.15) is 29.4 Å². The van der Waals surface area contributed by atoms with Gasteiger partial charge in [0.25, 0.3) is 5.91 Å². The third-order valence-electron chi connectivity index (χ3n) is 7.55. The van der Waals surface area contributed by atoms with Gasteiger partial charge >= 0.3 is 0 Å². The molecule has 2 aromatic carbocycles. The van der Waals surface area contributed by atoms with Gasteiger partial charge in [-0.3, -0.25) is 9.69 Å². The first-order valence-electron chi connectivity index (χ1n) is 13.0. The normalized spacial score (nSPS) is 19.3. The molecule has 2 aromatic heterocycles. The van der Waals surface area contributed by atoms with Gasteiger partial charge < -0.3 is 15.0 Å². The maximum absolute atomic E-state index is 13.4. The molecule has 0 spiro atoms. The van der Waals surface area contributed by atoms with Crippen molar-refractivity contribution in [1.29, 1.82) is 0 Å². The average molecular weight is 527 g/mol. The van der Waals surface area contributed by atoms with Gasteiger partial charge in [-0.1, -0.05) is 25.1 Å². The van der Waals surface area contributed by atoms with Crippen molar-refractivity contribution in [3.8, 4) is 22.1 Å². The van der Waals surface area contributed by atoms with E-state index in [1.165, 1.54) is 24.3 Å². The van der Waals surface area contributed by atoms with E-state index in [1.54, 1.807) is 17.8 Å². The molecule has 2 fully saturated rings. The molecule has 0 bridgehead atoms. The minimum absolute atomic E-state index is 0.236. The number of rotatable bonds is 6. The van der Waals surface area contributed by atoms with Crippen molar-refractivity contribution in [1.82, 2.24) is 20.1 Å². The number of aromatic nitrogens is 3. The number of benzene rings is 2. The first kappa shape index (κ1) is 24.5. The number of nitrogens with one attached hydrogen (secondary N) is 1. The number of fused-ring (bicyclic) bond motifs is 1. The van der Waals surface area contributed by atoms with Gasteiger partial charge in [0.05, 0.1) is 23.8 Å². The molecule has 6 rings (SSSR count). The molecule has 0 unspecified atom stereocenters. The lowest BCUT2D eigenvalue weighted by Crippen LogP contribution is -2.52. The molecule has 0 aliphatic carbocycles. The highest BCUT2D eigenvalue weighted by Crippen LogP contribution is 2.40. The number of thiazole rings is 1. The van der Waals surface area contributed by atoms with Gasteiger partial charge in [-0.15, -0.1) is 11.3 Å². The molecule has 1 N–H and O–H groups in total. The van der Waals surface area contributed by atoms with Crippen LogP contribution in [-0.2, 0) is 0 Å². The van der Waals surface area contributed by atoms with E-state index in [0.717, 1.165) is 58.6 Å². The van der Waals surface area contributed by atoms with Gasteiger partial charge in [0.1, 0.15) is 22.2 Å². The predicted octanol–water partition coefficient (Wildman–Crippen LogP) is 5.48. The third-order valence-corrected chi connectivity index (χ3v) is 8.44. The van der Waals surface area contributed by atoms with Crippen LogP contribution in [0.15, 0.2) is 66.3 Å². The summed E-state index contributed by atoms with van der Waals surface area (Å²) in [6.07, 6.45) is 4.50. The fourth-order valence-corrected chi connectivity index (χ4v) is 6.25. The van der Waals surface area contributed by atoms with Crippen molar-refractivity contribution in [3.63, 3.8) is 0 Å². The number of carbonyl (C=O) groups is 1. The summed E-state index contributed by atoms with van der Waals surface area (Å²) in [5.41, 5.74) is 4.01. The van der Waals surface area contributed by atoms with Crippen LogP contribution in [0.25, 0.3) is 10.6 Å². The Balaban J connectivity index is 1.31. The van der Waals surface area contributed by atoms with Crippen LogP contribution in [0.2, 0.25) is 0 Å². The lowest BCUT2D eigenvalue weighted by molar-refractivity contribution is 0.102. The Morgan fingerprint density at radius 1 is 1.08 bits per heavy atom. The molecule has 2 atom stereocenters. The van der Waals surface area contributed by atoms with E-state index in [9.17, 15) is 4.79 Å². The predicted molar refractivity (Wildman–Crippen MR) is 150 cm³/mol. The van der Waals surface area contributed by atoms with Crippen molar-refractivity contribution in [3.05, 3.63) is 77.6 Å². The van der Waals surface area contributed by atoms with Gasteiger partial charge in [-0.2, -0.15) is 10.2 Å². The lowest BCUT2D eigenvalue weighted by atomic mass is 9.99. The SMILES string of the molecule is Cc1c(Oc2ccccc2)ccc(NC(=O)c2csc(-c3ccnnc3)n2)c1N1CCN2CC[C@H](C)[C@@H]2C1. The van der Waals surface area contributed by atoms with Gasteiger partial charge in [-0.25, -0.2) is 4.98 Å². The summed E-state index contributed by atoms with van der Waals surface area (Å²) >= 11 is 1.42. The molecular weight excluding hydrogens is 496 g/mol. The summed E-state index contributed by atoms with van der Waals surface area (Å²) in [7, 11) is 0. The summed E-state index contributed by atoms with van der Waals surface area (Å²) in [5, 5.41) is 13.4. The number of anilines is 2. The molecule has 0 saturated carbocycles. The topological polar surface area (TPSA) is 83.5 Å². The Bertz CT molecular complexity index is 1430. The third kappa shape index (κ3) is 4.87. The first-order chi connectivity index (χ1) is 18.6. The van der Waals surface area contributed by atoms with Crippen LogP contribution < -0.4 is 15.0 Å².